The van der Waals surface area contributed by atoms with Crippen LogP contribution in [-0.4, -0.2) is 49.0 Å². The molecule has 1 saturated heterocycles. The number of Topliss-reactive ketones (excluding diaryl/α,β-unsaturated/α-hetero) is 1. The number of benzene rings is 1. The molecule has 4 nitrogen and oxygen atoms in total. The van der Waals surface area contributed by atoms with E-state index in [0.717, 1.165) is 11.4 Å². The Morgan fingerprint density at radius 1 is 1.43 bits per heavy atom. The average Bonchev–Trinajstić information content (AvgIpc) is 2.53. The fraction of sp³-hybridized carbons (Fsp3) is 0.562. The molecule has 1 atom stereocenters. The van der Waals surface area contributed by atoms with Crippen LogP contribution in [0.15, 0.2) is 29.2 Å². The van der Waals surface area contributed by atoms with E-state index in [9.17, 15) is 4.79 Å². The molecule has 0 aromatic heterocycles. The number of aliphatic hydroxyl groups is 1. The molecule has 0 aliphatic carbocycles. The van der Waals surface area contributed by atoms with Gasteiger partial charge in [-0.05, 0) is 26.0 Å². The quantitative estimate of drug-likeness (QED) is 0.621. The summed E-state index contributed by atoms with van der Waals surface area (Å²) in [6.07, 6.45) is -0.0952. The van der Waals surface area contributed by atoms with Crippen LogP contribution in [-0.2, 0) is 4.74 Å². The number of carbonyl (C=O) groups is 1. The van der Waals surface area contributed by atoms with E-state index in [-0.39, 0.29) is 18.5 Å². The summed E-state index contributed by atoms with van der Waals surface area (Å²) in [7, 11) is 0. The third kappa shape index (κ3) is 4.07. The van der Waals surface area contributed by atoms with E-state index in [2.05, 4.69) is 5.32 Å². The van der Waals surface area contributed by atoms with E-state index >= 15 is 0 Å². The van der Waals surface area contributed by atoms with E-state index in [1.54, 1.807) is 11.8 Å². The third-order valence-corrected chi connectivity index (χ3v) is 4.79. The van der Waals surface area contributed by atoms with Gasteiger partial charge >= 0.3 is 0 Å². The molecule has 1 aliphatic rings. The van der Waals surface area contributed by atoms with Crippen LogP contribution in [0.2, 0.25) is 0 Å². The van der Waals surface area contributed by atoms with Gasteiger partial charge in [0.05, 0.1) is 24.7 Å². The summed E-state index contributed by atoms with van der Waals surface area (Å²) in [6.45, 7) is 6.26. The molecule has 1 aromatic carbocycles. The fourth-order valence-corrected chi connectivity index (χ4v) is 3.07. The first-order valence-corrected chi connectivity index (χ1v) is 8.25. The SMILES string of the molecule is CC(C)(C(=O)c1ccc(SCCO)cc1)C1CNCCO1. The van der Waals surface area contributed by atoms with E-state index in [1.165, 1.54) is 0 Å². The summed E-state index contributed by atoms with van der Waals surface area (Å²) in [5, 5.41) is 12.1. The first kappa shape index (κ1) is 16.5. The maximum atomic E-state index is 12.7. The third-order valence-electron chi connectivity index (χ3n) is 3.79. The highest BCUT2D eigenvalue weighted by Crippen LogP contribution is 2.30. The summed E-state index contributed by atoms with van der Waals surface area (Å²) in [4.78, 5) is 13.8. The number of carbonyl (C=O) groups excluding carboxylic acids is 1. The van der Waals surface area contributed by atoms with Crippen LogP contribution < -0.4 is 5.32 Å². The number of ketones is 1. The van der Waals surface area contributed by atoms with Crippen LogP contribution in [0.4, 0.5) is 0 Å². The van der Waals surface area contributed by atoms with Gasteiger partial charge in [-0.25, -0.2) is 0 Å². The lowest BCUT2D eigenvalue weighted by Crippen LogP contribution is -2.49. The predicted octanol–water partition coefficient (Wildman–Crippen LogP) is 1.97. The van der Waals surface area contributed by atoms with Gasteiger partial charge in [-0.2, -0.15) is 0 Å². The van der Waals surface area contributed by atoms with Gasteiger partial charge in [-0.3, -0.25) is 4.79 Å². The first-order valence-electron chi connectivity index (χ1n) is 7.26. The summed E-state index contributed by atoms with van der Waals surface area (Å²) in [6, 6.07) is 7.59. The number of aliphatic hydroxyl groups excluding tert-OH is 1. The van der Waals surface area contributed by atoms with E-state index in [0.29, 0.717) is 24.5 Å². The Bertz CT molecular complexity index is 467. The molecular formula is C16H23NO3S. The molecule has 1 aliphatic heterocycles. The van der Waals surface area contributed by atoms with Gasteiger partial charge in [0.25, 0.3) is 0 Å². The number of hydrogen-bond donors (Lipinski definition) is 2. The van der Waals surface area contributed by atoms with Crippen molar-refractivity contribution in [3.63, 3.8) is 0 Å². The molecule has 0 radical (unpaired) electrons. The number of rotatable bonds is 6. The van der Waals surface area contributed by atoms with Crippen molar-refractivity contribution in [1.82, 2.24) is 5.32 Å². The molecule has 1 heterocycles. The second-order valence-electron chi connectivity index (χ2n) is 5.71. The van der Waals surface area contributed by atoms with Gasteiger partial charge in [-0.1, -0.05) is 12.1 Å². The first-order chi connectivity index (χ1) is 10.1. The van der Waals surface area contributed by atoms with Crippen molar-refractivity contribution in [1.29, 1.82) is 0 Å². The normalized spacial score (nSPS) is 19.5. The molecule has 21 heavy (non-hydrogen) atoms. The Balaban J connectivity index is 2.07. The number of hydrogen-bond acceptors (Lipinski definition) is 5. The molecule has 2 rings (SSSR count). The summed E-state index contributed by atoms with van der Waals surface area (Å²) in [5.41, 5.74) is 0.162. The van der Waals surface area contributed by atoms with Crippen LogP contribution in [0, 0.1) is 5.41 Å². The average molecular weight is 309 g/mol. The molecule has 2 N–H and O–H groups in total. The highest BCUT2D eigenvalue weighted by Gasteiger charge is 2.38. The standard InChI is InChI=1S/C16H23NO3S/c1-16(2,14-11-17-7-9-20-14)15(19)12-3-5-13(6-4-12)21-10-8-18/h3-6,14,17-18H,7-11H2,1-2H3. The topological polar surface area (TPSA) is 58.6 Å². The largest absolute Gasteiger partial charge is 0.396 e. The Morgan fingerprint density at radius 3 is 2.71 bits per heavy atom. The molecule has 116 valence electrons. The Kier molecular flexibility index (Phi) is 5.81. The van der Waals surface area contributed by atoms with Crippen molar-refractivity contribution < 1.29 is 14.6 Å². The molecule has 0 amide bonds. The number of nitrogens with one attached hydrogen (secondary N) is 1. The second kappa shape index (κ2) is 7.40. The van der Waals surface area contributed by atoms with Crippen LogP contribution in [0.1, 0.15) is 24.2 Å². The molecule has 1 aromatic rings. The molecule has 0 saturated carbocycles. The van der Waals surface area contributed by atoms with Crippen LogP contribution in [0.5, 0.6) is 0 Å². The summed E-state index contributed by atoms with van der Waals surface area (Å²) >= 11 is 1.58. The Labute approximate surface area is 130 Å². The maximum absolute atomic E-state index is 12.7. The van der Waals surface area contributed by atoms with Crippen LogP contribution in [0.25, 0.3) is 0 Å². The van der Waals surface area contributed by atoms with Gasteiger partial charge in [0.15, 0.2) is 5.78 Å². The van der Waals surface area contributed by atoms with Crippen LogP contribution in [0.3, 0.4) is 0 Å². The minimum Gasteiger partial charge on any atom is -0.396 e. The summed E-state index contributed by atoms with van der Waals surface area (Å²) < 4.78 is 5.75. The van der Waals surface area contributed by atoms with Gasteiger partial charge < -0.3 is 15.2 Å². The van der Waals surface area contributed by atoms with Crippen molar-refractivity contribution in [2.24, 2.45) is 5.41 Å². The lowest BCUT2D eigenvalue weighted by molar-refractivity contribution is -0.0324. The zero-order chi connectivity index (χ0) is 15.3. The lowest BCUT2D eigenvalue weighted by atomic mass is 9.78. The second-order valence-corrected chi connectivity index (χ2v) is 6.88. The maximum Gasteiger partial charge on any atom is 0.171 e. The minimum absolute atomic E-state index is 0.0952. The van der Waals surface area contributed by atoms with E-state index < -0.39 is 5.41 Å². The lowest BCUT2D eigenvalue weighted by Gasteiger charge is -2.36. The van der Waals surface area contributed by atoms with Crippen molar-refractivity contribution in [3.05, 3.63) is 29.8 Å². The summed E-state index contributed by atoms with van der Waals surface area (Å²) in [5.74, 6) is 0.773. The number of thioether (sulfide) groups is 1. The number of ether oxygens (including phenoxy) is 1. The zero-order valence-corrected chi connectivity index (χ0v) is 13.4. The molecule has 0 spiro atoms. The number of morpholine rings is 1. The van der Waals surface area contributed by atoms with Crippen molar-refractivity contribution in [3.8, 4) is 0 Å². The van der Waals surface area contributed by atoms with Crippen molar-refractivity contribution >= 4 is 17.5 Å². The molecule has 0 bridgehead atoms. The van der Waals surface area contributed by atoms with Gasteiger partial charge in [0.1, 0.15) is 0 Å². The van der Waals surface area contributed by atoms with Gasteiger partial charge in [0.2, 0.25) is 0 Å². The molecule has 1 fully saturated rings. The molecule has 5 heteroatoms. The zero-order valence-electron chi connectivity index (χ0n) is 12.6. The minimum atomic E-state index is -0.548. The highest BCUT2D eigenvalue weighted by atomic mass is 32.2. The molecular weight excluding hydrogens is 286 g/mol. The molecule has 1 unspecified atom stereocenters. The van der Waals surface area contributed by atoms with Gasteiger partial charge in [-0.15, -0.1) is 11.8 Å². The monoisotopic (exact) mass is 309 g/mol. The Morgan fingerprint density at radius 2 is 2.14 bits per heavy atom. The fourth-order valence-electron chi connectivity index (χ4n) is 2.41. The van der Waals surface area contributed by atoms with Crippen molar-refractivity contribution in [2.45, 2.75) is 24.8 Å². The van der Waals surface area contributed by atoms with Crippen molar-refractivity contribution in [2.75, 3.05) is 32.1 Å². The highest BCUT2D eigenvalue weighted by molar-refractivity contribution is 7.99. The Hall–Kier alpha value is -0.880. The predicted molar refractivity (Wildman–Crippen MR) is 85.0 cm³/mol. The van der Waals surface area contributed by atoms with E-state index in [4.69, 9.17) is 9.84 Å². The van der Waals surface area contributed by atoms with Gasteiger partial charge in [0, 0.05) is 29.3 Å². The smallest absolute Gasteiger partial charge is 0.171 e. The van der Waals surface area contributed by atoms with Crippen LogP contribution >= 0.6 is 11.8 Å². The van der Waals surface area contributed by atoms with E-state index in [1.807, 2.05) is 38.1 Å².